The van der Waals surface area contributed by atoms with Crippen LogP contribution < -0.4 is 10.6 Å². The molecule has 0 fully saturated rings. The van der Waals surface area contributed by atoms with E-state index in [1.165, 1.54) is 5.56 Å². The van der Waals surface area contributed by atoms with Gasteiger partial charge in [-0.3, -0.25) is 9.89 Å². The lowest BCUT2D eigenvalue weighted by Gasteiger charge is -2.12. The minimum Gasteiger partial charge on any atom is -0.348 e. The Morgan fingerprint density at radius 1 is 1.38 bits per heavy atom. The van der Waals surface area contributed by atoms with Crippen LogP contribution in [0.2, 0.25) is 0 Å². The number of carbonyl (C=O) groups is 1. The van der Waals surface area contributed by atoms with Crippen molar-refractivity contribution in [1.82, 2.24) is 15.5 Å². The third-order valence-corrected chi connectivity index (χ3v) is 4.69. The highest BCUT2D eigenvalue weighted by Crippen LogP contribution is 2.27. The maximum absolute atomic E-state index is 12.2. The minimum absolute atomic E-state index is 0.107. The summed E-state index contributed by atoms with van der Waals surface area (Å²) < 4.78 is 0.596. The van der Waals surface area contributed by atoms with Gasteiger partial charge in [-0.2, -0.15) is 5.10 Å². The summed E-state index contributed by atoms with van der Waals surface area (Å²) >= 11 is 3.44. The molecule has 0 saturated carbocycles. The molecular weight excluding hydrogens is 368 g/mol. The number of nitrogens with zero attached hydrogens (tertiary/aromatic N) is 1. The lowest BCUT2D eigenvalue weighted by Crippen LogP contribution is -2.32. The van der Waals surface area contributed by atoms with Crippen LogP contribution in [0.1, 0.15) is 48.8 Å². The van der Waals surface area contributed by atoms with Crippen molar-refractivity contribution >= 4 is 33.4 Å². The van der Waals surface area contributed by atoms with Gasteiger partial charge < -0.3 is 10.6 Å². The van der Waals surface area contributed by atoms with E-state index in [4.69, 9.17) is 0 Å². The summed E-state index contributed by atoms with van der Waals surface area (Å²) in [6, 6.07) is 8.19. The number of hydrogen-bond acceptors (Lipinski definition) is 3. The fraction of sp³-hybridized carbons (Fsp3) is 0.333. The van der Waals surface area contributed by atoms with Crippen molar-refractivity contribution in [3.05, 3.63) is 52.1 Å². The third kappa shape index (κ3) is 4.06. The van der Waals surface area contributed by atoms with Crippen molar-refractivity contribution < 1.29 is 4.79 Å². The quantitative estimate of drug-likeness (QED) is 0.658. The SMILES string of the molecule is C=C(Nc1n[nH]c(C(=O)N[C@H](C)CC)c1Br)c1ccccc1CC. The Morgan fingerprint density at radius 3 is 2.75 bits per heavy atom. The number of amides is 1. The second-order valence-corrected chi connectivity index (χ2v) is 6.45. The molecule has 2 rings (SSSR count). The van der Waals surface area contributed by atoms with Crippen molar-refractivity contribution in [3.63, 3.8) is 0 Å². The van der Waals surface area contributed by atoms with Crippen LogP contribution in [0.4, 0.5) is 5.82 Å². The van der Waals surface area contributed by atoms with Crippen LogP contribution in [0.5, 0.6) is 0 Å². The van der Waals surface area contributed by atoms with Gasteiger partial charge >= 0.3 is 0 Å². The molecule has 6 heteroatoms. The number of anilines is 1. The number of hydrogen-bond donors (Lipinski definition) is 3. The monoisotopic (exact) mass is 390 g/mol. The molecule has 1 aromatic heterocycles. The molecule has 3 N–H and O–H groups in total. The number of rotatable bonds is 7. The fourth-order valence-electron chi connectivity index (χ4n) is 2.29. The first kappa shape index (κ1) is 18.3. The van der Waals surface area contributed by atoms with E-state index in [0.717, 1.165) is 24.1 Å². The Labute approximate surface area is 151 Å². The minimum atomic E-state index is -0.184. The number of carbonyl (C=O) groups excluding carboxylic acids is 1. The maximum atomic E-state index is 12.2. The molecule has 5 nitrogen and oxygen atoms in total. The Hall–Kier alpha value is -2.08. The summed E-state index contributed by atoms with van der Waals surface area (Å²) in [5.74, 6) is 0.358. The van der Waals surface area contributed by atoms with Crippen molar-refractivity contribution in [1.29, 1.82) is 0 Å². The topological polar surface area (TPSA) is 69.8 Å². The van der Waals surface area contributed by atoms with Crippen LogP contribution in [0, 0.1) is 0 Å². The van der Waals surface area contributed by atoms with Gasteiger partial charge in [-0.05, 0) is 41.3 Å². The van der Waals surface area contributed by atoms with E-state index >= 15 is 0 Å². The van der Waals surface area contributed by atoms with Gasteiger partial charge in [-0.25, -0.2) is 0 Å². The maximum Gasteiger partial charge on any atom is 0.270 e. The molecule has 128 valence electrons. The number of halogens is 1. The number of nitrogens with one attached hydrogen (secondary N) is 3. The lowest BCUT2D eigenvalue weighted by molar-refractivity contribution is 0.0933. The Kier molecular flexibility index (Phi) is 6.20. The molecule has 1 atom stereocenters. The average Bonchev–Trinajstić information content (AvgIpc) is 2.95. The highest BCUT2D eigenvalue weighted by molar-refractivity contribution is 9.10. The normalized spacial score (nSPS) is 11.8. The molecule has 1 heterocycles. The zero-order valence-corrected chi connectivity index (χ0v) is 15.8. The summed E-state index contributed by atoms with van der Waals surface area (Å²) in [5.41, 5.74) is 3.39. The molecule has 0 unspecified atom stereocenters. The molecule has 0 aliphatic carbocycles. The van der Waals surface area contributed by atoms with Gasteiger partial charge in [0.25, 0.3) is 5.91 Å². The first-order valence-corrected chi connectivity index (χ1v) is 8.86. The predicted octanol–water partition coefficient (Wildman–Crippen LogP) is 4.35. The van der Waals surface area contributed by atoms with Crippen LogP contribution in [-0.4, -0.2) is 22.1 Å². The second kappa shape index (κ2) is 8.15. The van der Waals surface area contributed by atoms with Gasteiger partial charge in [0.1, 0.15) is 5.69 Å². The molecular formula is C18H23BrN4O. The predicted molar refractivity (Wildman–Crippen MR) is 102 cm³/mol. The highest BCUT2D eigenvalue weighted by Gasteiger charge is 2.19. The van der Waals surface area contributed by atoms with Crippen LogP contribution in [0.15, 0.2) is 35.3 Å². The smallest absolute Gasteiger partial charge is 0.270 e. The van der Waals surface area contributed by atoms with E-state index in [2.05, 4.69) is 56.3 Å². The molecule has 0 aliphatic rings. The van der Waals surface area contributed by atoms with Crippen molar-refractivity contribution in [2.75, 3.05) is 5.32 Å². The van der Waals surface area contributed by atoms with Gasteiger partial charge in [-0.1, -0.05) is 44.7 Å². The number of aromatic nitrogens is 2. The second-order valence-electron chi connectivity index (χ2n) is 5.66. The first-order valence-electron chi connectivity index (χ1n) is 8.06. The zero-order chi connectivity index (χ0) is 17.7. The van der Waals surface area contributed by atoms with E-state index in [0.29, 0.717) is 16.0 Å². The molecule has 24 heavy (non-hydrogen) atoms. The van der Waals surface area contributed by atoms with Crippen molar-refractivity contribution in [2.24, 2.45) is 0 Å². The number of H-pyrrole nitrogens is 1. The zero-order valence-electron chi connectivity index (χ0n) is 14.2. The Balaban J connectivity index is 2.17. The van der Waals surface area contributed by atoms with Crippen LogP contribution in [-0.2, 0) is 6.42 Å². The summed E-state index contributed by atoms with van der Waals surface area (Å²) in [4.78, 5) is 12.2. The van der Waals surface area contributed by atoms with Gasteiger partial charge in [0, 0.05) is 17.3 Å². The molecule has 2 aromatic rings. The van der Waals surface area contributed by atoms with E-state index in [1.807, 2.05) is 32.0 Å². The summed E-state index contributed by atoms with van der Waals surface area (Å²) in [7, 11) is 0. The van der Waals surface area contributed by atoms with Gasteiger partial charge in [0.05, 0.1) is 4.47 Å². The summed E-state index contributed by atoms with van der Waals surface area (Å²) in [6.07, 6.45) is 1.79. The van der Waals surface area contributed by atoms with Gasteiger partial charge in [0.15, 0.2) is 5.82 Å². The lowest BCUT2D eigenvalue weighted by atomic mass is 10.0. The van der Waals surface area contributed by atoms with E-state index in [-0.39, 0.29) is 11.9 Å². The van der Waals surface area contributed by atoms with E-state index < -0.39 is 0 Å². The number of aromatic amines is 1. The highest BCUT2D eigenvalue weighted by atomic mass is 79.9. The molecule has 0 radical (unpaired) electrons. The van der Waals surface area contributed by atoms with Gasteiger partial charge in [0.2, 0.25) is 0 Å². The summed E-state index contributed by atoms with van der Waals surface area (Å²) in [5, 5.41) is 13.1. The third-order valence-electron chi connectivity index (χ3n) is 3.92. The summed E-state index contributed by atoms with van der Waals surface area (Å²) in [6.45, 7) is 10.2. The van der Waals surface area contributed by atoms with E-state index in [9.17, 15) is 4.79 Å². The molecule has 1 amide bonds. The molecule has 0 bridgehead atoms. The van der Waals surface area contributed by atoms with Crippen LogP contribution in [0.3, 0.4) is 0 Å². The average molecular weight is 391 g/mol. The number of aryl methyl sites for hydroxylation is 1. The largest absolute Gasteiger partial charge is 0.348 e. The van der Waals surface area contributed by atoms with E-state index in [1.54, 1.807) is 0 Å². The number of benzene rings is 1. The Bertz CT molecular complexity index is 738. The molecule has 0 saturated heterocycles. The molecule has 0 spiro atoms. The van der Waals surface area contributed by atoms with Crippen LogP contribution >= 0.6 is 15.9 Å². The fourth-order valence-corrected chi connectivity index (χ4v) is 2.75. The van der Waals surface area contributed by atoms with Crippen molar-refractivity contribution in [2.45, 2.75) is 39.7 Å². The standard InChI is InChI=1S/C18H23BrN4O/c1-5-11(3)20-18(24)16-15(19)17(23-22-16)21-12(4)14-10-8-7-9-13(14)6-2/h7-11H,4-6H2,1-3H3,(H,20,24)(H2,21,22,23)/t11-/m1/s1. The molecule has 0 aliphatic heterocycles. The van der Waals surface area contributed by atoms with Gasteiger partial charge in [-0.15, -0.1) is 0 Å². The van der Waals surface area contributed by atoms with Crippen LogP contribution in [0.25, 0.3) is 5.70 Å². The Morgan fingerprint density at radius 2 is 2.08 bits per heavy atom. The molecule has 1 aromatic carbocycles. The van der Waals surface area contributed by atoms with Crippen molar-refractivity contribution in [3.8, 4) is 0 Å². The first-order chi connectivity index (χ1) is 11.5.